The van der Waals surface area contributed by atoms with Gasteiger partial charge in [-0.2, -0.15) is 0 Å². The molecule has 0 saturated carbocycles. The molecule has 4 nitrogen and oxygen atoms in total. The summed E-state index contributed by atoms with van der Waals surface area (Å²) >= 11 is 1.69. The molecule has 1 N–H and O–H groups in total. The molecule has 0 unspecified atom stereocenters. The summed E-state index contributed by atoms with van der Waals surface area (Å²) in [7, 11) is 0. The number of hydrogen-bond donors (Lipinski definition) is 1. The van der Waals surface area contributed by atoms with Gasteiger partial charge in [0, 0.05) is 23.8 Å². The smallest absolute Gasteiger partial charge is 0.106 e. The lowest BCUT2D eigenvalue weighted by molar-refractivity contribution is 0.538. The molecule has 98 valence electrons. The van der Waals surface area contributed by atoms with Crippen LogP contribution >= 0.6 is 11.3 Å². The molecule has 0 radical (unpaired) electrons. The molecule has 2 aromatic rings. The molecule has 0 aliphatic heterocycles. The minimum Gasteiger partial charge on any atom is -0.326 e. The van der Waals surface area contributed by atoms with Gasteiger partial charge in [-0.3, -0.25) is 4.98 Å². The molecule has 0 aromatic carbocycles. The average molecular weight is 264 g/mol. The standard InChI is InChI=1S/C13H20N4S/c1-10(2)4-14-5-12-6-16-11(3)17(12)8-13-7-15-9-18-13/h6-7,9-10,14H,4-5,8H2,1-3H3. The summed E-state index contributed by atoms with van der Waals surface area (Å²) in [5, 5.41) is 3.46. The van der Waals surface area contributed by atoms with E-state index in [2.05, 4.69) is 33.7 Å². The first-order valence-electron chi connectivity index (χ1n) is 6.26. The summed E-state index contributed by atoms with van der Waals surface area (Å²) in [6, 6.07) is 0. The minimum absolute atomic E-state index is 0.670. The number of rotatable bonds is 6. The third-order valence-corrected chi connectivity index (χ3v) is 3.56. The van der Waals surface area contributed by atoms with Crippen molar-refractivity contribution in [3.05, 3.63) is 34.3 Å². The molecule has 2 heterocycles. The summed E-state index contributed by atoms with van der Waals surface area (Å²) < 4.78 is 2.25. The Morgan fingerprint density at radius 3 is 2.89 bits per heavy atom. The zero-order valence-corrected chi connectivity index (χ0v) is 12.0. The summed E-state index contributed by atoms with van der Waals surface area (Å²) in [6.07, 6.45) is 3.89. The van der Waals surface area contributed by atoms with Crippen LogP contribution in [0.4, 0.5) is 0 Å². The number of aryl methyl sites for hydroxylation is 1. The molecule has 0 fully saturated rings. The maximum atomic E-state index is 4.40. The second-order valence-electron chi connectivity index (χ2n) is 4.88. The number of imidazole rings is 1. The Bertz CT molecular complexity index is 473. The van der Waals surface area contributed by atoms with Crippen LogP contribution in [0.15, 0.2) is 17.9 Å². The second-order valence-corrected chi connectivity index (χ2v) is 5.85. The van der Waals surface area contributed by atoms with Crippen molar-refractivity contribution < 1.29 is 0 Å². The fourth-order valence-electron chi connectivity index (χ4n) is 1.84. The van der Waals surface area contributed by atoms with Crippen molar-refractivity contribution in [3.63, 3.8) is 0 Å². The Labute approximate surface area is 112 Å². The molecule has 2 rings (SSSR count). The van der Waals surface area contributed by atoms with E-state index >= 15 is 0 Å². The molecule has 0 bridgehead atoms. The maximum Gasteiger partial charge on any atom is 0.106 e. The van der Waals surface area contributed by atoms with Crippen LogP contribution in [0.25, 0.3) is 0 Å². The lowest BCUT2D eigenvalue weighted by Gasteiger charge is -2.11. The topological polar surface area (TPSA) is 42.7 Å². The van der Waals surface area contributed by atoms with Gasteiger partial charge >= 0.3 is 0 Å². The highest BCUT2D eigenvalue weighted by Crippen LogP contribution is 2.12. The van der Waals surface area contributed by atoms with Crippen LogP contribution in [0.1, 0.15) is 30.2 Å². The molecule has 0 saturated heterocycles. The molecule has 2 aromatic heterocycles. The predicted octanol–water partition coefficient (Wildman–Crippen LogP) is 2.44. The van der Waals surface area contributed by atoms with E-state index < -0.39 is 0 Å². The van der Waals surface area contributed by atoms with Crippen LogP contribution in [-0.2, 0) is 13.1 Å². The first kappa shape index (κ1) is 13.2. The Kier molecular flexibility index (Phi) is 4.49. The quantitative estimate of drug-likeness (QED) is 0.871. The molecule has 0 spiro atoms. The van der Waals surface area contributed by atoms with Gasteiger partial charge in [0.25, 0.3) is 0 Å². The SMILES string of the molecule is Cc1ncc(CNCC(C)C)n1Cc1cncs1. The number of nitrogens with zero attached hydrogens (tertiary/aromatic N) is 3. The van der Waals surface area contributed by atoms with Crippen molar-refractivity contribution in [3.8, 4) is 0 Å². The lowest BCUT2D eigenvalue weighted by atomic mass is 10.2. The van der Waals surface area contributed by atoms with Crippen molar-refractivity contribution in [2.24, 2.45) is 5.92 Å². The largest absolute Gasteiger partial charge is 0.326 e. The molecular formula is C13H20N4S. The Balaban J connectivity index is 2.02. The molecule has 0 aliphatic carbocycles. The van der Waals surface area contributed by atoms with E-state index in [0.29, 0.717) is 5.92 Å². The molecule has 0 amide bonds. The fourth-order valence-corrected chi connectivity index (χ4v) is 2.42. The third kappa shape index (κ3) is 3.40. The van der Waals surface area contributed by atoms with Gasteiger partial charge in [0.2, 0.25) is 0 Å². The van der Waals surface area contributed by atoms with Crippen LogP contribution in [0, 0.1) is 12.8 Å². The molecule has 0 aliphatic rings. The van der Waals surface area contributed by atoms with E-state index in [1.165, 1.54) is 10.6 Å². The van der Waals surface area contributed by atoms with Crippen LogP contribution in [0.5, 0.6) is 0 Å². The van der Waals surface area contributed by atoms with Crippen LogP contribution in [-0.4, -0.2) is 21.1 Å². The second kappa shape index (κ2) is 6.11. The minimum atomic E-state index is 0.670. The molecular weight excluding hydrogens is 244 g/mol. The molecule has 18 heavy (non-hydrogen) atoms. The zero-order valence-electron chi connectivity index (χ0n) is 11.2. The van der Waals surface area contributed by atoms with Crippen molar-refractivity contribution in [2.45, 2.75) is 33.9 Å². The summed E-state index contributed by atoms with van der Waals surface area (Å²) in [6.45, 7) is 9.25. The number of nitrogens with one attached hydrogen (secondary N) is 1. The van der Waals surface area contributed by atoms with Gasteiger partial charge in [0.1, 0.15) is 5.82 Å². The van der Waals surface area contributed by atoms with Gasteiger partial charge in [0.15, 0.2) is 0 Å². The molecule has 5 heteroatoms. The Morgan fingerprint density at radius 1 is 1.39 bits per heavy atom. The van der Waals surface area contributed by atoms with E-state index in [4.69, 9.17) is 0 Å². The number of aromatic nitrogens is 3. The average Bonchev–Trinajstić information content (AvgIpc) is 2.93. The summed E-state index contributed by atoms with van der Waals surface area (Å²) in [4.78, 5) is 9.78. The number of hydrogen-bond acceptors (Lipinski definition) is 4. The van der Waals surface area contributed by atoms with Crippen LogP contribution in [0.2, 0.25) is 0 Å². The first-order valence-corrected chi connectivity index (χ1v) is 7.14. The van der Waals surface area contributed by atoms with Crippen LogP contribution in [0.3, 0.4) is 0 Å². The van der Waals surface area contributed by atoms with Gasteiger partial charge < -0.3 is 9.88 Å². The zero-order chi connectivity index (χ0) is 13.0. The van der Waals surface area contributed by atoms with E-state index in [-0.39, 0.29) is 0 Å². The highest BCUT2D eigenvalue weighted by Gasteiger charge is 2.08. The maximum absolute atomic E-state index is 4.40. The Hall–Kier alpha value is -1.20. The summed E-state index contributed by atoms with van der Waals surface area (Å²) in [5.74, 6) is 1.73. The van der Waals surface area contributed by atoms with E-state index in [9.17, 15) is 0 Å². The van der Waals surface area contributed by atoms with Gasteiger partial charge in [0.05, 0.1) is 17.7 Å². The van der Waals surface area contributed by atoms with Gasteiger partial charge in [-0.25, -0.2) is 4.98 Å². The molecule has 0 atom stereocenters. The fraction of sp³-hybridized carbons (Fsp3) is 0.538. The highest BCUT2D eigenvalue weighted by atomic mass is 32.1. The first-order chi connectivity index (χ1) is 8.66. The van der Waals surface area contributed by atoms with Gasteiger partial charge in [-0.1, -0.05) is 13.8 Å². The van der Waals surface area contributed by atoms with E-state index in [1.54, 1.807) is 11.3 Å². The van der Waals surface area contributed by atoms with E-state index in [0.717, 1.165) is 25.5 Å². The van der Waals surface area contributed by atoms with Crippen LogP contribution < -0.4 is 5.32 Å². The van der Waals surface area contributed by atoms with Crippen molar-refractivity contribution in [1.82, 2.24) is 19.9 Å². The van der Waals surface area contributed by atoms with E-state index in [1.807, 2.05) is 24.8 Å². The summed E-state index contributed by atoms with van der Waals surface area (Å²) in [5.41, 5.74) is 3.11. The Morgan fingerprint density at radius 2 is 2.22 bits per heavy atom. The van der Waals surface area contributed by atoms with Gasteiger partial charge in [-0.15, -0.1) is 11.3 Å². The lowest BCUT2D eigenvalue weighted by Crippen LogP contribution is -2.21. The van der Waals surface area contributed by atoms with Crippen molar-refractivity contribution in [1.29, 1.82) is 0 Å². The van der Waals surface area contributed by atoms with Crippen molar-refractivity contribution in [2.75, 3.05) is 6.54 Å². The number of thiazole rings is 1. The van der Waals surface area contributed by atoms with Crippen molar-refractivity contribution >= 4 is 11.3 Å². The highest BCUT2D eigenvalue weighted by molar-refractivity contribution is 7.09. The monoisotopic (exact) mass is 264 g/mol. The normalized spacial score (nSPS) is 11.3. The third-order valence-electron chi connectivity index (χ3n) is 2.79. The predicted molar refractivity (Wildman–Crippen MR) is 74.7 cm³/mol. The van der Waals surface area contributed by atoms with Gasteiger partial charge in [-0.05, 0) is 19.4 Å².